The van der Waals surface area contributed by atoms with E-state index in [0.29, 0.717) is 0 Å². The molecule has 0 spiro atoms. The highest BCUT2D eigenvalue weighted by molar-refractivity contribution is 5.21. The van der Waals surface area contributed by atoms with Crippen molar-refractivity contribution in [2.75, 3.05) is 20.1 Å². The summed E-state index contributed by atoms with van der Waals surface area (Å²) in [6, 6.07) is 2.67. The monoisotopic (exact) mass is 251 g/mol. The fourth-order valence-electron chi connectivity index (χ4n) is 1.47. The highest BCUT2D eigenvalue weighted by Gasteiger charge is 2.17. The van der Waals surface area contributed by atoms with E-state index in [4.69, 9.17) is 0 Å². The highest BCUT2D eigenvalue weighted by atomic mass is 19.3. The smallest absolute Gasteiger partial charge is 0.251 e. The van der Waals surface area contributed by atoms with E-state index >= 15 is 0 Å². The number of likely N-dealkylation sites (N-methyl/N-ethyl adjacent to an activating group) is 1. The number of nitrogens with zero attached hydrogens (tertiary/aromatic N) is 1. The number of aliphatic hydroxyl groups excluding tert-OH is 1. The summed E-state index contributed by atoms with van der Waals surface area (Å²) < 4.78 is 50.1. The SMILES string of the molecule is CN(CC(F)F)CC(O)c1cc(F)ccc1F. The van der Waals surface area contributed by atoms with Crippen LogP contribution in [0.2, 0.25) is 0 Å². The molecule has 0 heterocycles. The van der Waals surface area contributed by atoms with Crippen molar-refractivity contribution in [1.29, 1.82) is 0 Å². The van der Waals surface area contributed by atoms with Gasteiger partial charge in [-0.1, -0.05) is 0 Å². The Morgan fingerprint density at radius 2 is 1.88 bits per heavy atom. The Bertz CT molecular complexity index is 372. The summed E-state index contributed by atoms with van der Waals surface area (Å²) in [5.41, 5.74) is -0.230. The van der Waals surface area contributed by atoms with Crippen molar-refractivity contribution in [2.45, 2.75) is 12.5 Å². The largest absolute Gasteiger partial charge is 0.387 e. The molecule has 1 unspecified atom stereocenters. The summed E-state index contributed by atoms with van der Waals surface area (Å²) in [5, 5.41) is 9.62. The molecule has 0 aliphatic rings. The van der Waals surface area contributed by atoms with Crippen LogP contribution in [0.4, 0.5) is 17.6 Å². The molecule has 2 nitrogen and oxygen atoms in total. The third kappa shape index (κ3) is 4.32. The lowest BCUT2D eigenvalue weighted by Crippen LogP contribution is -2.29. The first-order valence-electron chi connectivity index (χ1n) is 5.00. The number of benzene rings is 1. The van der Waals surface area contributed by atoms with E-state index in [0.717, 1.165) is 23.1 Å². The van der Waals surface area contributed by atoms with Gasteiger partial charge in [-0.2, -0.15) is 0 Å². The minimum atomic E-state index is -2.54. The van der Waals surface area contributed by atoms with E-state index in [1.54, 1.807) is 0 Å². The Hall–Kier alpha value is -1.14. The Kier molecular flexibility index (Phi) is 4.89. The van der Waals surface area contributed by atoms with Gasteiger partial charge in [0.15, 0.2) is 0 Å². The van der Waals surface area contributed by atoms with Crippen LogP contribution < -0.4 is 0 Å². The van der Waals surface area contributed by atoms with Crippen molar-refractivity contribution < 1.29 is 22.7 Å². The van der Waals surface area contributed by atoms with Gasteiger partial charge in [0.2, 0.25) is 0 Å². The molecule has 0 saturated heterocycles. The summed E-state index contributed by atoms with van der Waals surface area (Å²) in [7, 11) is 1.37. The minimum absolute atomic E-state index is 0.190. The van der Waals surface area contributed by atoms with E-state index in [1.807, 2.05) is 0 Å². The first kappa shape index (κ1) is 13.9. The zero-order chi connectivity index (χ0) is 13.0. The summed E-state index contributed by atoms with van der Waals surface area (Å²) >= 11 is 0. The van der Waals surface area contributed by atoms with Crippen LogP contribution >= 0.6 is 0 Å². The molecular formula is C11H13F4NO. The van der Waals surface area contributed by atoms with Gasteiger partial charge in [0.25, 0.3) is 6.43 Å². The summed E-state index contributed by atoms with van der Waals surface area (Å²) in [6.45, 7) is -0.724. The van der Waals surface area contributed by atoms with Crippen LogP contribution in [0.5, 0.6) is 0 Å². The van der Waals surface area contributed by atoms with Gasteiger partial charge in [0, 0.05) is 12.1 Å². The van der Waals surface area contributed by atoms with Crippen molar-refractivity contribution in [3.8, 4) is 0 Å². The Morgan fingerprint density at radius 3 is 2.47 bits per heavy atom. The van der Waals surface area contributed by atoms with Gasteiger partial charge in [-0.25, -0.2) is 17.6 Å². The number of hydrogen-bond donors (Lipinski definition) is 1. The van der Waals surface area contributed by atoms with Gasteiger partial charge >= 0.3 is 0 Å². The van der Waals surface area contributed by atoms with Crippen LogP contribution in [0.3, 0.4) is 0 Å². The van der Waals surface area contributed by atoms with Crippen molar-refractivity contribution in [1.82, 2.24) is 4.90 Å². The lowest BCUT2D eigenvalue weighted by molar-refractivity contribution is 0.0668. The molecule has 0 radical (unpaired) electrons. The van der Waals surface area contributed by atoms with E-state index in [1.165, 1.54) is 7.05 Å². The molecule has 96 valence electrons. The molecule has 0 amide bonds. The van der Waals surface area contributed by atoms with Crippen LogP contribution in [-0.2, 0) is 0 Å². The molecule has 0 bridgehead atoms. The third-order valence-corrected chi connectivity index (χ3v) is 2.25. The maximum atomic E-state index is 13.2. The van der Waals surface area contributed by atoms with Crippen molar-refractivity contribution in [3.05, 3.63) is 35.4 Å². The molecule has 1 rings (SSSR count). The molecule has 1 N–H and O–H groups in total. The van der Waals surface area contributed by atoms with Crippen LogP contribution in [0, 0.1) is 11.6 Å². The molecule has 0 aromatic heterocycles. The quantitative estimate of drug-likeness (QED) is 0.811. The summed E-state index contributed by atoms with van der Waals surface area (Å²) in [5.74, 6) is -1.44. The second kappa shape index (κ2) is 5.97. The molecule has 6 heteroatoms. The molecule has 0 fully saturated rings. The molecule has 0 aliphatic carbocycles. The molecule has 1 aromatic rings. The Morgan fingerprint density at radius 1 is 1.24 bits per heavy atom. The van der Waals surface area contributed by atoms with E-state index in [9.17, 15) is 22.7 Å². The van der Waals surface area contributed by atoms with Gasteiger partial charge in [0.1, 0.15) is 11.6 Å². The summed E-state index contributed by atoms with van der Waals surface area (Å²) in [4.78, 5) is 1.15. The van der Waals surface area contributed by atoms with E-state index in [2.05, 4.69) is 0 Å². The number of alkyl halides is 2. The molecule has 1 aromatic carbocycles. The number of halogens is 4. The number of rotatable bonds is 5. The average Bonchev–Trinajstić information content (AvgIpc) is 2.20. The molecule has 1 atom stereocenters. The lowest BCUT2D eigenvalue weighted by Gasteiger charge is -2.20. The maximum Gasteiger partial charge on any atom is 0.251 e. The van der Waals surface area contributed by atoms with E-state index in [-0.39, 0.29) is 12.1 Å². The fourth-order valence-corrected chi connectivity index (χ4v) is 1.47. The van der Waals surface area contributed by atoms with Crippen LogP contribution in [0.1, 0.15) is 11.7 Å². The third-order valence-electron chi connectivity index (χ3n) is 2.25. The predicted molar refractivity (Wildman–Crippen MR) is 54.8 cm³/mol. The number of hydrogen-bond acceptors (Lipinski definition) is 2. The van der Waals surface area contributed by atoms with Crippen molar-refractivity contribution >= 4 is 0 Å². The second-order valence-electron chi connectivity index (χ2n) is 3.79. The zero-order valence-electron chi connectivity index (χ0n) is 9.21. The molecular weight excluding hydrogens is 238 g/mol. The molecule has 0 saturated carbocycles. The highest BCUT2D eigenvalue weighted by Crippen LogP contribution is 2.19. The molecule has 17 heavy (non-hydrogen) atoms. The Labute approximate surface area is 96.5 Å². The zero-order valence-corrected chi connectivity index (χ0v) is 9.21. The van der Waals surface area contributed by atoms with Crippen LogP contribution in [0.25, 0.3) is 0 Å². The average molecular weight is 251 g/mol. The van der Waals surface area contributed by atoms with Gasteiger partial charge < -0.3 is 5.11 Å². The Balaban J connectivity index is 2.69. The van der Waals surface area contributed by atoms with Crippen LogP contribution in [-0.4, -0.2) is 36.6 Å². The van der Waals surface area contributed by atoms with Gasteiger partial charge in [-0.05, 0) is 25.2 Å². The van der Waals surface area contributed by atoms with Gasteiger partial charge in [-0.3, -0.25) is 4.90 Å². The standard InChI is InChI=1S/C11H13F4NO/c1-16(6-11(14)15)5-10(17)8-4-7(12)2-3-9(8)13/h2-4,10-11,17H,5-6H2,1H3. The van der Waals surface area contributed by atoms with E-state index < -0.39 is 30.7 Å². The summed E-state index contributed by atoms with van der Waals surface area (Å²) in [6.07, 6.45) is -3.88. The second-order valence-corrected chi connectivity index (χ2v) is 3.79. The first-order chi connectivity index (χ1) is 7.90. The maximum absolute atomic E-state index is 13.2. The first-order valence-corrected chi connectivity index (χ1v) is 5.00. The predicted octanol–water partition coefficient (Wildman–Crippen LogP) is 2.20. The topological polar surface area (TPSA) is 23.5 Å². The van der Waals surface area contributed by atoms with Crippen LogP contribution in [0.15, 0.2) is 18.2 Å². The van der Waals surface area contributed by atoms with Gasteiger partial charge in [-0.15, -0.1) is 0 Å². The lowest BCUT2D eigenvalue weighted by atomic mass is 10.1. The normalized spacial score (nSPS) is 13.4. The van der Waals surface area contributed by atoms with Gasteiger partial charge in [0.05, 0.1) is 12.6 Å². The van der Waals surface area contributed by atoms with Crippen molar-refractivity contribution in [2.24, 2.45) is 0 Å². The minimum Gasteiger partial charge on any atom is -0.387 e. The number of aliphatic hydroxyl groups is 1. The van der Waals surface area contributed by atoms with Crippen molar-refractivity contribution in [3.63, 3.8) is 0 Å². The molecule has 0 aliphatic heterocycles. The fraction of sp³-hybridized carbons (Fsp3) is 0.455.